The summed E-state index contributed by atoms with van der Waals surface area (Å²) in [5.41, 5.74) is 2.10. The Kier molecular flexibility index (Phi) is 3.63. The Hall–Kier alpha value is -0.440. The minimum absolute atomic E-state index is 0.00746. The predicted molar refractivity (Wildman–Crippen MR) is 66.3 cm³/mol. The topological polar surface area (TPSA) is 20.3 Å². The van der Waals surface area contributed by atoms with Crippen LogP contribution in [0.2, 0.25) is 10.0 Å². The van der Waals surface area contributed by atoms with Gasteiger partial charge in [0.05, 0.1) is 10.0 Å². The second kappa shape index (κ2) is 4.82. The van der Waals surface area contributed by atoms with Gasteiger partial charge in [0.25, 0.3) is 0 Å². The monoisotopic (exact) mass is 277 g/mol. The molecule has 5 heteroatoms. The molecule has 1 aromatic rings. The van der Waals surface area contributed by atoms with Crippen molar-refractivity contribution in [3.05, 3.63) is 33.3 Å². The molecule has 0 saturated carbocycles. The number of hydrogen-bond acceptors (Lipinski definition) is 1. The Balaban J connectivity index is 2.32. The summed E-state index contributed by atoms with van der Waals surface area (Å²) in [4.78, 5) is 13.2. The second-order valence-corrected chi connectivity index (χ2v) is 4.75. The summed E-state index contributed by atoms with van der Waals surface area (Å²) in [6.07, 6.45) is 0.800. The zero-order valence-corrected chi connectivity index (χ0v) is 10.7. The predicted octanol–water partition coefficient (Wildman–Crippen LogP) is 3.12. The second-order valence-electron chi connectivity index (χ2n) is 3.70. The van der Waals surface area contributed by atoms with Crippen molar-refractivity contribution < 1.29 is 4.79 Å². The summed E-state index contributed by atoms with van der Waals surface area (Å²) in [6.45, 7) is 1.19. The number of halogens is 3. The maximum atomic E-state index is 11.5. The lowest BCUT2D eigenvalue weighted by Crippen LogP contribution is -2.36. The van der Waals surface area contributed by atoms with Crippen LogP contribution in [0, 0.1) is 0 Å². The Morgan fingerprint density at radius 2 is 2.12 bits per heavy atom. The van der Waals surface area contributed by atoms with Crippen LogP contribution in [0.1, 0.15) is 11.1 Å². The van der Waals surface area contributed by atoms with Crippen molar-refractivity contribution in [1.29, 1.82) is 0 Å². The van der Waals surface area contributed by atoms with Gasteiger partial charge in [0.1, 0.15) is 5.88 Å². The number of nitrogens with zero attached hydrogens (tertiary/aromatic N) is 1. The van der Waals surface area contributed by atoms with Crippen molar-refractivity contribution in [3.8, 4) is 0 Å². The minimum Gasteiger partial charge on any atom is -0.337 e. The zero-order valence-electron chi connectivity index (χ0n) is 8.47. The van der Waals surface area contributed by atoms with E-state index in [0.717, 1.165) is 17.5 Å². The first-order chi connectivity index (χ1) is 7.63. The Labute approximate surface area is 109 Å². The van der Waals surface area contributed by atoms with Gasteiger partial charge in [-0.3, -0.25) is 4.79 Å². The van der Waals surface area contributed by atoms with Gasteiger partial charge in [0.15, 0.2) is 0 Å². The molecule has 1 aromatic carbocycles. The number of rotatable bonds is 1. The van der Waals surface area contributed by atoms with E-state index in [4.69, 9.17) is 34.8 Å². The third-order valence-electron chi connectivity index (χ3n) is 2.76. The quantitative estimate of drug-likeness (QED) is 0.723. The summed E-state index contributed by atoms with van der Waals surface area (Å²) in [7, 11) is 0. The van der Waals surface area contributed by atoms with Gasteiger partial charge in [-0.05, 0) is 23.6 Å². The van der Waals surface area contributed by atoms with Crippen LogP contribution in [-0.2, 0) is 17.8 Å². The molecule has 2 nitrogen and oxygen atoms in total. The Morgan fingerprint density at radius 1 is 1.38 bits per heavy atom. The lowest BCUT2D eigenvalue weighted by molar-refractivity contribution is -0.129. The maximum absolute atomic E-state index is 11.5. The number of alkyl halides is 1. The highest BCUT2D eigenvalue weighted by atomic mass is 35.5. The first-order valence-corrected chi connectivity index (χ1v) is 6.22. The van der Waals surface area contributed by atoms with Crippen LogP contribution in [0.25, 0.3) is 0 Å². The summed E-state index contributed by atoms with van der Waals surface area (Å²) in [6, 6.07) is 3.76. The molecule has 0 bridgehead atoms. The molecule has 2 rings (SSSR count). The normalized spacial score (nSPS) is 14.8. The molecule has 0 radical (unpaired) electrons. The summed E-state index contributed by atoms with van der Waals surface area (Å²) in [5.74, 6) is -0.0589. The smallest absolute Gasteiger partial charge is 0.237 e. The van der Waals surface area contributed by atoms with Crippen LogP contribution in [-0.4, -0.2) is 23.2 Å². The van der Waals surface area contributed by atoms with E-state index >= 15 is 0 Å². The molecule has 1 amide bonds. The molecule has 1 aliphatic rings. The van der Waals surface area contributed by atoms with Crippen molar-refractivity contribution in [2.75, 3.05) is 12.4 Å². The van der Waals surface area contributed by atoms with Crippen molar-refractivity contribution in [1.82, 2.24) is 4.90 Å². The molecule has 1 heterocycles. The molecule has 0 atom stereocenters. The average molecular weight is 279 g/mol. The number of hydrogen-bond donors (Lipinski definition) is 0. The lowest BCUT2D eigenvalue weighted by Gasteiger charge is -2.29. The Morgan fingerprint density at radius 3 is 2.81 bits per heavy atom. The van der Waals surface area contributed by atoms with E-state index in [-0.39, 0.29) is 11.8 Å². The molecule has 0 N–H and O–H groups in total. The van der Waals surface area contributed by atoms with Gasteiger partial charge in [0, 0.05) is 13.1 Å². The highest BCUT2D eigenvalue weighted by molar-refractivity contribution is 6.42. The van der Waals surface area contributed by atoms with Gasteiger partial charge in [-0.2, -0.15) is 0 Å². The molecule has 16 heavy (non-hydrogen) atoms. The van der Waals surface area contributed by atoms with E-state index in [0.29, 0.717) is 23.1 Å². The standard InChI is InChI=1S/C11H10Cl3NO/c12-5-10(16)15-4-3-7-1-2-9(13)11(14)8(7)6-15/h1-2H,3-6H2. The van der Waals surface area contributed by atoms with Crippen molar-refractivity contribution in [2.45, 2.75) is 13.0 Å². The number of amides is 1. The molecule has 0 aromatic heterocycles. The van der Waals surface area contributed by atoms with Gasteiger partial charge >= 0.3 is 0 Å². The molecular formula is C11H10Cl3NO. The molecule has 0 fully saturated rings. The van der Waals surface area contributed by atoms with E-state index in [1.54, 1.807) is 11.0 Å². The average Bonchev–Trinajstić information content (AvgIpc) is 2.32. The highest BCUT2D eigenvalue weighted by Crippen LogP contribution is 2.32. The van der Waals surface area contributed by atoms with Crippen LogP contribution in [0.5, 0.6) is 0 Å². The van der Waals surface area contributed by atoms with Crippen LogP contribution in [0.4, 0.5) is 0 Å². The SMILES string of the molecule is O=C(CCl)N1CCc2ccc(Cl)c(Cl)c2C1. The first kappa shape index (κ1) is 12.0. The molecule has 0 unspecified atom stereocenters. The highest BCUT2D eigenvalue weighted by Gasteiger charge is 2.22. The van der Waals surface area contributed by atoms with Crippen molar-refractivity contribution in [2.24, 2.45) is 0 Å². The number of carbonyl (C=O) groups excluding carboxylic acids is 1. The lowest BCUT2D eigenvalue weighted by atomic mass is 10.00. The molecule has 0 aliphatic carbocycles. The third-order valence-corrected chi connectivity index (χ3v) is 3.83. The summed E-state index contributed by atoms with van der Waals surface area (Å²) < 4.78 is 0. The zero-order chi connectivity index (χ0) is 11.7. The Bertz CT molecular complexity index is 433. The molecular weight excluding hydrogens is 268 g/mol. The summed E-state index contributed by atoms with van der Waals surface area (Å²) in [5, 5.41) is 1.08. The third kappa shape index (κ3) is 2.15. The fraction of sp³-hybridized carbons (Fsp3) is 0.364. The van der Waals surface area contributed by atoms with Crippen molar-refractivity contribution in [3.63, 3.8) is 0 Å². The maximum Gasteiger partial charge on any atom is 0.237 e. The van der Waals surface area contributed by atoms with Crippen molar-refractivity contribution >= 4 is 40.7 Å². The van der Waals surface area contributed by atoms with E-state index in [1.165, 1.54) is 0 Å². The van der Waals surface area contributed by atoms with Gasteiger partial charge in [0.2, 0.25) is 5.91 Å². The number of carbonyl (C=O) groups is 1. The van der Waals surface area contributed by atoms with Gasteiger partial charge < -0.3 is 4.90 Å². The number of benzene rings is 1. The number of fused-ring (bicyclic) bond motifs is 1. The van der Waals surface area contributed by atoms with Crippen LogP contribution in [0.15, 0.2) is 12.1 Å². The van der Waals surface area contributed by atoms with E-state index in [9.17, 15) is 4.79 Å². The van der Waals surface area contributed by atoms with Crippen LogP contribution in [0.3, 0.4) is 0 Å². The van der Waals surface area contributed by atoms with Gasteiger partial charge in [-0.1, -0.05) is 29.3 Å². The van der Waals surface area contributed by atoms with Gasteiger partial charge in [-0.15, -0.1) is 11.6 Å². The van der Waals surface area contributed by atoms with E-state index in [1.807, 2.05) is 6.07 Å². The molecule has 86 valence electrons. The molecule has 0 spiro atoms. The van der Waals surface area contributed by atoms with Gasteiger partial charge in [-0.25, -0.2) is 0 Å². The van der Waals surface area contributed by atoms with E-state index < -0.39 is 0 Å². The summed E-state index contributed by atoms with van der Waals surface area (Å²) >= 11 is 17.6. The first-order valence-electron chi connectivity index (χ1n) is 4.93. The molecule has 0 saturated heterocycles. The van der Waals surface area contributed by atoms with Crippen LogP contribution < -0.4 is 0 Å². The largest absolute Gasteiger partial charge is 0.337 e. The minimum atomic E-state index is -0.0663. The van der Waals surface area contributed by atoms with Crippen LogP contribution >= 0.6 is 34.8 Å². The van der Waals surface area contributed by atoms with E-state index in [2.05, 4.69) is 0 Å². The molecule has 1 aliphatic heterocycles. The fourth-order valence-electron chi connectivity index (χ4n) is 1.86. The fourth-order valence-corrected chi connectivity index (χ4v) is 2.45.